The molecule has 1 aromatic heterocycles. The summed E-state index contributed by atoms with van der Waals surface area (Å²) in [5, 5.41) is 0.574. The third-order valence-corrected chi connectivity index (χ3v) is 4.26. The van der Waals surface area contributed by atoms with Crippen LogP contribution in [0.25, 0.3) is 0 Å². The van der Waals surface area contributed by atoms with Gasteiger partial charge in [0.2, 0.25) is 5.78 Å². The molecule has 138 valence electrons. The Morgan fingerprint density at radius 3 is 2.35 bits per heavy atom. The van der Waals surface area contributed by atoms with Crippen LogP contribution in [0, 0.1) is 13.8 Å². The molecule has 0 saturated heterocycles. The van der Waals surface area contributed by atoms with E-state index in [1.165, 1.54) is 14.0 Å². The summed E-state index contributed by atoms with van der Waals surface area (Å²) in [5.74, 6) is -1.46. The molecule has 0 spiro atoms. The fraction of sp³-hybridized carbons (Fsp3) is 0.316. The molecule has 1 heterocycles. The number of Topliss-reactive ketones (excluding diaryl/α,β-unsaturated/α-hetero) is 1. The number of carbonyl (C=O) groups excluding carboxylic acids is 3. The Morgan fingerprint density at radius 1 is 1.15 bits per heavy atom. The van der Waals surface area contributed by atoms with Gasteiger partial charge in [-0.2, -0.15) is 0 Å². The number of esters is 2. The average Bonchev–Trinajstić information content (AvgIpc) is 2.90. The number of nitrogens with one attached hydrogen (secondary N) is 1. The zero-order valence-corrected chi connectivity index (χ0v) is 15.8. The van der Waals surface area contributed by atoms with E-state index in [1.807, 2.05) is 0 Å². The van der Waals surface area contributed by atoms with Gasteiger partial charge in [-0.3, -0.25) is 9.59 Å². The van der Waals surface area contributed by atoms with Gasteiger partial charge in [0.25, 0.3) is 0 Å². The van der Waals surface area contributed by atoms with Gasteiger partial charge in [0.05, 0.1) is 24.8 Å². The number of rotatable bonds is 6. The number of hydrogen-bond donors (Lipinski definition) is 1. The third-order valence-electron chi connectivity index (χ3n) is 4.01. The highest BCUT2D eigenvalue weighted by atomic mass is 35.5. The summed E-state index contributed by atoms with van der Waals surface area (Å²) in [6.45, 7) is 4.81. The van der Waals surface area contributed by atoms with Gasteiger partial charge in [-0.05, 0) is 44.0 Å². The molecule has 0 bridgehead atoms. The Morgan fingerprint density at radius 2 is 1.77 bits per heavy atom. The predicted molar refractivity (Wildman–Crippen MR) is 96.6 cm³/mol. The first-order valence-electron chi connectivity index (χ1n) is 8.00. The molecule has 1 N–H and O–H groups in total. The number of benzene rings is 1. The lowest BCUT2D eigenvalue weighted by Crippen LogP contribution is -2.26. The molecule has 2 aromatic rings. The normalized spacial score (nSPS) is 11.7. The molecule has 2 rings (SSSR count). The van der Waals surface area contributed by atoms with Gasteiger partial charge in [0.15, 0.2) is 6.10 Å². The summed E-state index contributed by atoms with van der Waals surface area (Å²) in [4.78, 5) is 39.4. The Labute approximate surface area is 156 Å². The van der Waals surface area contributed by atoms with Crippen LogP contribution in [0.15, 0.2) is 24.3 Å². The number of ketones is 1. The SMILES string of the molecule is COC(=O)c1c(C)[nH]c(C(=O)[C@H](C)OC(=O)Cc2ccc(Cl)cc2)c1C. The zero-order chi connectivity index (χ0) is 19.4. The van der Waals surface area contributed by atoms with Crippen LogP contribution >= 0.6 is 11.6 Å². The van der Waals surface area contributed by atoms with E-state index in [9.17, 15) is 14.4 Å². The predicted octanol–water partition coefficient (Wildman–Crippen LogP) is 3.43. The van der Waals surface area contributed by atoms with Crippen molar-refractivity contribution in [1.82, 2.24) is 4.98 Å². The Kier molecular flexibility index (Phi) is 6.21. The molecule has 0 radical (unpaired) electrons. The maximum atomic E-state index is 12.6. The van der Waals surface area contributed by atoms with E-state index in [1.54, 1.807) is 38.1 Å². The maximum absolute atomic E-state index is 12.6. The number of aromatic amines is 1. The van der Waals surface area contributed by atoms with Crippen LogP contribution < -0.4 is 0 Å². The number of methoxy groups -OCH3 is 1. The van der Waals surface area contributed by atoms with Crippen LogP contribution in [0.2, 0.25) is 5.02 Å². The van der Waals surface area contributed by atoms with Crippen LogP contribution in [0.3, 0.4) is 0 Å². The molecule has 26 heavy (non-hydrogen) atoms. The first-order valence-corrected chi connectivity index (χ1v) is 8.38. The number of carbonyl (C=O) groups is 3. The van der Waals surface area contributed by atoms with Crippen molar-refractivity contribution in [2.45, 2.75) is 33.3 Å². The second-order valence-electron chi connectivity index (χ2n) is 5.92. The molecule has 0 unspecified atom stereocenters. The summed E-state index contributed by atoms with van der Waals surface area (Å²) < 4.78 is 9.96. The van der Waals surface area contributed by atoms with Crippen molar-refractivity contribution in [3.8, 4) is 0 Å². The Hall–Kier alpha value is -2.60. The fourth-order valence-corrected chi connectivity index (χ4v) is 2.80. The average molecular weight is 378 g/mol. The lowest BCUT2D eigenvalue weighted by atomic mass is 10.1. The van der Waals surface area contributed by atoms with Crippen molar-refractivity contribution in [3.05, 3.63) is 57.4 Å². The van der Waals surface area contributed by atoms with E-state index < -0.39 is 23.8 Å². The van der Waals surface area contributed by atoms with E-state index >= 15 is 0 Å². The molecule has 0 saturated carbocycles. The topological polar surface area (TPSA) is 85.5 Å². The third kappa shape index (κ3) is 4.32. The van der Waals surface area contributed by atoms with Crippen molar-refractivity contribution >= 4 is 29.3 Å². The van der Waals surface area contributed by atoms with Gasteiger partial charge in [0.1, 0.15) is 0 Å². The van der Waals surface area contributed by atoms with Gasteiger partial charge >= 0.3 is 11.9 Å². The molecule has 0 amide bonds. The molecular formula is C19H20ClNO5. The highest BCUT2D eigenvalue weighted by Crippen LogP contribution is 2.21. The van der Waals surface area contributed by atoms with Gasteiger partial charge in [0, 0.05) is 10.7 Å². The van der Waals surface area contributed by atoms with E-state index in [-0.39, 0.29) is 12.1 Å². The second-order valence-corrected chi connectivity index (χ2v) is 6.35. The van der Waals surface area contributed by atoms with Crippen molar-refractivity contribution in [2.75, 3.05) is 7.11 Å². The highest BCUT2D eigenvalue weighted by Gasteiger charge is 2.27. The smallest absolute Gasteiger partial charge is 0.339 e. The Bertz CT molecular complexity index is 838. The first-order chi connectivity index (χ1) is 12.2. The van der Waals surface area contributed by atoms with Crippen molar-refractivity contribution in [3.63, 3.8) is 0 Å². The largest absolute Gasteiger partial charge is 0.465 e. The lowest BCUT2D eigenvalue weighted by molar-refractivity contribution is -0.145. The molecule has 0 fully saturated rings. The summed E-state index contributed by atoms with van der Waals surface area (Å²) in [6, 6.07) is 6.80. The van der Waals surface area contributed by atoms with Crippen molar-refractivity contribution < 1.29 is 23.9 Å². The number of H-pyrrole nitrogens is 1. The van der Waals surface area contributed by atoms with E-state index in [0.29, 0.717) is 21.8 Å². The molecule has 1 aromatic carbocycles. The second kappa shape index (κ2) is 8.19. The lowest BCUT2D eigenvalue weighted by Gasteiger charge is -2.12. The van der Waals surface area contributed by atoms with Gasteiger partial charge < -0.3 is 14.5 Å². The van der Waals surface area contributed by atoms with E-state index in [0.717, 1.165) is 5.56 Å². The van der Waals surface area contributed by atoms with Crippen LogP contribution in [-0.4, -0.2) is 35.9 Å². The van der Waals surface area contributed by atoms with Crippen LogP contribution in [0.1, 0.15) is 44.6 Å². The summed E-state index contributed by atoms with van der Waals surface area (Å²) in [7, 11) is 1.27. The summed E-state index contributed by atoms with van der Waals surface area (Å²) in [6.07, 6.45) is -0.956. The number of halogens is 1. The summed E-state index contributed by atoms with van der Waals surface area (Å²) >= 11 is 5.81. The van der Waals surface area contributed by atoms with Crippen molar-refractivity contribution in [1.29, 1.82) is 0 Å². The van der Waals surface area contributed by atoms with Crippen molar-refractivity contribution in [2.24, 2.45) is 0 Å². The van der Waals surface area contributed by atoms with Crippen LogP contribution in [-0.2, 0) is 20.7 Å². The number of aryl methyl sites for hydroxylation is 1. The monoisotopic (exact) mass is 377 g/mol. The standard InChI is InChI=1S/C19H20ClNO5/c1-10-16(19(24)25-4)11(2)21-17(10)18(23)12(3)26-15(22)9-13-5-7-14(20)8-6-13/h5-8,12,21H,9H2,1-4H3/t12-/m0/s1. The minimum Gasteiger partial charge on any atom is -0.465 e. The maximum Gasteiger partial charge on any atom is 0.339 e. The molecule has 1 atom stereocenters. The van der Waals surface area contributed by atoms with E-state index in [4.69, 9.17) is 21.1 Å². The van der Waals surface area contributed by atoms with Gasteiger partial charge in [-0.25, -0.2) is 4.79 Å². The van der Waals surface area contributed by atoms with Gasteiger partial charge in [-0.15, -0.1) is 0 Å². The molecule has 0 aliphatic carbocycles. The highest BCUT2D eigenvalue weighted by molar-refractivity contribution is 6.30. The first kappa shape index (κ1) is 19.7. The fourth-order valence-electron chi connectivity index (χ4n) is 2.67. The van der Waals surface area contributed by atoms with Gasteiger partial charge in [-0.1, -0.05) is 23.7 Å². The molecule has 7 heteroatoms. The van der Waals surface area contributed by atoms with E-state index in [2.05, 4.69) is 4.98 Å². The Balaban J connectivity index is 2.08. The number of aromatic nitrogens is 1. The van der Waals surface area contributed by atoms with Crippen LogP contribution in [0.4, 0.5) is 0 Å². The molecular weight excluding hydrogens is 358 g/mol. The zero-order valence-electron chi connectivity index (χ0n) is 15.0. The molecule has 0 aliphatic heterocycles. The quantitative estimate of drug-likeness (QED) is 0.615. The number of hydrogen-bond acceptors (Lipinski definition) is 5. The molecule has 0 aliphatic rings. The minimum atomic E-state index is -0.989. The van der Waals surface area contributed by atoms with Crippen LogP contribution in [0.5, 0.6) is 0 Å². The molecule has 6 nitrogen and oxygen atoms in total. The minimum absolute atomic E-state index is 0.0327. The summed E-state index contributed by atoms with van der Waals surface area (Å²) in [5.41, 5.74) is 2.28. The number of ether oxygens (including phenoxy) is 2.